The fourth-order valence-electron chi connectivity index (χ4n) is 6.29. The molecule has 0 aromatic heterocycles. The Morgan fingerprint density at radius 3 is 2.20 bits per heavy atom. The molecule has 0 unspecified atom stereocenters. The van der Waals surface area contributed by atoms with Crippen molar-refractivity contribution >= 4 is 23.5 Å². The molecule has 2 saturated heterocycles. The number of hydrogen-bond acceptors (Lipinski definition) is 6. The third kappa shape index (κ3) is 8.92. The first-order valence-electron chi connectivity index (χ1n) is 15.4. The third-order valence-corrected chi connectivity index (χ3v) is 8.82. The van der Waals surface area contributed by atoms with E-state index >= 15 is 4.39 Å². The molecule has 2 aliphatic rings. The van der Waals surface area contributed by atoms with Gasteiger partial charge in [0.1, 0.15) is 23.2 Å². The molecule has 1 amide bonds. The summed E-state index contributed by atoms with van der Waals surface area (Å²) in [4.78, 5) is 33.8. The van der Waals surface area contributed by atoms with Crippen molar-refractivity contribution in [2.75, 3.05) is 32.7 Å². The van der Waals surface area contributed by atoms with Crippen LogP contribution in [0.25, 0.3) is 0 Å². The summed E-state index contributed by atoms with van der Waals surface area (Å²) in [6, 6.07) is 10.0. The lowest BCUT2D eigenvalue weighted by Crippen LogP contribution is -2.60. The summed E-state index contributed by atoms with van der Waals surface area (Å²) < 4.78 is 50.7. The molecule has 0 aliphatic carbocycles. The molecule has 0 spiro atoms. The molecule has 2 aliphatic heterocycles. The molecule has 0 bridgehead atoms. The minimum atomic E-state index is -2.92. The highest BCUT2D eigenvalue weighted by molar-refractivity contribution is 6.30. The van der Waals surface area contributed by atoms with E-state index in [9.17, 15) is 18.4 Å². The first-order valence-corrected chi connectivity index (χ1v) is 15.8. The molecule has 11 heteroatoms. The minimum Gasteiger partial charge on any atom is -0.459 e. The minimum absolute atomic E-state index is 0.0308. The quantitative estimate of drug-likeness (QED) is 0.309. The maximum absolute atomic E-state index is 15.2. The molecule has 0 saturated carbocycles. The molecule has 248 valence electrons. The van der Waals surface area contributed by atoms with E-state index in [4.69, 9.17) is 16.3 Å². The van der Waals surface area contributed by atoms with Crippen LogP contribution in [-0.2, 0) is 20.7 Å². The van der Waals surface area contributed by atoms with E-state index in [1.54, 1.807) is 45.0 Å². The highest BCUT2D eigenvalue weighted by Gasteiger charge is 2.46. The van der Waals surface area contributed by atoms with E-state index < -0.39 is 36.0 Å². The summed E-state index contributed by atoms with van der Waals surface area (Å²) in [5.74, 6) is -1.56. The molecule has 7 nitrogen and oxygen atoms in total. The Balaban J connectivity index is 1.53. The second kappa shape index (κ2) is 13.9. The summed E-state index contributed by atoms with van der Waals surface area (Å²) in [6.45, 7) is 13.0. The summed E-state index contributed by atoms with van der Waals surface area (Å²) in [6.07, 6.45) is 0.297. The Morgan fingerprint density at radius 1 is 0.978 bits per heavy atom. The van der Waals surface area contributed by atoms with Gasteiger partial charge in [0.25, 0.3) is 0 Å². The van der Waals surface area contributed by atoms with Gasteiger partial charge in [0.2, 0.25) is 5.91 Å². The number of benzene rings is 2. The number of alkyl halides is 2. The molecular formula is C34H45ClF3N3O4. The molecule has 4 rings (SSSR count). The molecule has 4 atom stereocenters. The number of amides is 1. The van der Waals surface area contributed by atoms with Crippen LogP contribution in [0.4, 0.5) is 13.2 Å². The van der Waals surface area contributed by atoms with E-state index in [2.05, 4.69) is 30.4 Å². The lowest BCUT2D eigenvalue weighted by Gasteiger charge is -2.44. The van der Waals surface area contributed by atoms with E-state index in [1.807, 2.05) is 16.7 Å². The van der Waals surface area contributed by atoms with Crippen molar-refractivity contribution in [3.63, 3.8) is 0 Å². The second-order valence-corrected chi connectivity index (χ2v) is 14.5. The monoisotopic (exact) mass is 651 g/mol. The zero-order valence-electron chi connectivity index (χ0n) is 27.2. The van der Waals surface area contributed by atoms with Crippen LogP contribution in [0.15, 0.2) is 42.5 Å². The highest BCUT2D eigenvalue weighted by atomic mass is 35.5. The predicted octanol–water partition coefficient (Wildman–Crippen LogP) is 6.38. The lowest BCUT2D eigenvalue weighted by atomic mass is 9.87. The van der Waals surface area contributed by atoms with Gasteiger partial charge in [0, 0.05) is 55.2 Å². The van der Waals surface area contributed by atoms with Gasteiger partial charge in [0.15, 0.2) is 0 Å². The Morgan fingerprint density at radius 2 is 1.64 bits per heavy atom. The normalized spacial score (nSPS) is 22.5. The van der Waals surface area contributed by atoms with Crippen molar-refractivity contribution in [2.45, 2.75) is 90.6 Å². The van der Waals surface area contributed by atoms with Crippen LogP contribution in [-0.4, -0.2) is 89.1 Å². The van der Waals surface area contributed by atoms with Gasteiger partial charge in [0.05, 0.1) is 5.92 Å². The summed E-state index contributed by atoms with van der Waals surface area (Å²) >= 11 is 6.04. The number of hydrogen-bond donors (Lipinski definition) is 0. The zero-order chi connectivity index (χ0) is 33.3. The van der Waals surface area contributed by atoms with Crippen LogP contribution >= 0.6 is 11.6 Å². The van der Waals surface area contributed by atoms with E-state index in [1.165, 1.54) is 18.2 Å². The number of ether oxygens (including phenoxy) is 2. The lowest BCUT2D eigenvalue weighted by molar-refractivity contribution is -0.163. The van der Waals surface area contributed by atoms with Crippen LogP contribution in [0.1, 0.15) is 65.5 Å². The Hall–Kier alpha value is -2.82. The molecule has 2 aromatic rings. The third-order valence-electron chi connectivity index (χ3n) is 8.59. The van der Waals surface area contributed by atoms with Crippen LogP contribution in [0.3, 0.4) is 0 Å². The Bertz CT molecular complexity index is 1350. The molecule has 45 heavy (non-hydrogen) atoms. The number of carbonyl (C=O) groups is 2. The standard InChI is InChI=1S/C34H45ClF3N3O4/c1-21-18-39(29(31(43)45-34(5,6)7)16-22-8-11-24(12-9-22)44-32(37)38)14-15-41(21)30(42)27-20-40(33(2,3)4)19-26(27)25-13-10-23(35)17-28(25)36/h8-13,17,21,26-27,29,32H,14-16,18-20H2,1-7H3/t21-,26-,27+,29-/m0/s1. The van der Waals surface area contributed by atoms with Gasteiger partial charge in [-0.25, -0.2) is 4.39 Å². The van der Waals surface area contributed by atoms with Gasteiger partial charge in [-0.15, -0.1) is 0 Å². The largest absolute Gasteiger partial charge is 0.459 e. The molecule has 0 radical (unpaired) electrons. The maximum Gasteiger partial charge on any atom is 0.387 e. The van der Waals surface area contributed by atoms with Crippen molar-refractivity contribution < 1.29 is 32.2 Å². The predicted molar refractivity (Wildman–Crippen MR) is 168 cm³/mol. The number of nitrogens with zero attached hydrogens (tertiary/aromatic N) is 3. The van der Waals surface area contributed by atoms with Crippen molar-refractivity contribution in [3.05, 3.63) is 64.4 Å². The van der Waals surface area contributed by atoms with Crippen LogP contribution in [0, 0.1) is 11.7 Å². The highest BCUT2D eigenvalue weighted by Crippen LogP contribution is 2.39. The molecule has 2 heterocycles. The summed E-state index contributed by atoms with van der Waals surface area (Å²) in [5.41, 5.74) is 0.344. The fraction of sp³-hybridized carbons (Fsp3) is 0.588. The topological polar surface area (TPSA) is 62.3 Å². The molecule has 2 aromatic carbocycles. The smallest absolute Gasteiger partial charge is 0.387 e. The number of likely N-dealkylation sites (tertiary alicyclic amines) is 1. The second-order valence-electron chi connectivity index (χ2n) is 14.1. The molecule has 2 fully saturated rings. The average Bonchev–Trinajstić information content (AvgIpc) is 3.37. The zero-order valence-corrected chi connectivity index (χ0v) is 27.9. The van der Waals surface area contributed by atoms with Gasteiger partial charge in [-0.3, -0.25) is 19.4 Å². The van der Waals surface area contributed by atoms with Crippen molar-refractivity contribution in [2.24, 2.45) is 5.92 Å². The first-order chi connectivity index (χ1) is 20.9. The number of rotatable bonds is 8. The van der Waals surface area contributed by atoms with Crippen molar-refractivity contribution in [3.8, 4) is 5.75 Å². The van der Waals surface area contributed by atoms with Gasteiger partial charge >= 0.3 is 12.6 Å². The number of esters is 1. The van der Waals surface area contributed by atoms with E-state index in [0.29, 0.717) is 49.7 Å². The van der Waals surface area contributed by atoms with Crippen LogP contribution in [0.5, 0.6) is 5.75 Å². The van der Waals surface area contributed by atoms with Crippen LogP contribution < -0.4 is 4.74 Å². The van der Waals surface area contributed by atoms with Gasteiger partial charge in [-0.1, -0.05) is 29.8 Å². The summed E-state index contributed by atoms with van der Waals surface area (Å²) in [5, 5.41) is 0.312. The SMILES string of the molecule is C[C@H]1CN([C@@H](Cc2ccc(OC(F)F)cc2)C(=O)OC(C)(C)C)CCN1C(=O)[C@@H]1CN(C(C)(C)C)C[C@H]1c1ccc(Cl)cc1F. The van der Waals surface area contributed by atoms with Gasteiger partial charge in [-0.05, 0) is 90.3 Å². The Labute approximate surface area is 269 Å². The average molecular weight is 652 g/mol. The van der Waals surface area contributed by atoms with E-state index in [-0.39, 0.29) is 29.2 Å². The van der Waals surface area contributed by atoms with Crippen molar-refractivity contribution in [1.29, 1.82) is 0 Å². The van der Waals surface area contributed by atoms with E-state index in [0.717, 1.165) is 5.56 Å². The number of piperazine rings is 1. The van der Waals surface area contributed by atoms with Crippen LogP contribution in [0.2, 0.25) is 5.02 Å². The first kappa shape index (κ1) is 35.0. The molecule has 0 N–H and O–H groups in total. The van der Waals surface area contributed by atoms with Gasteiger partial charge in [-0.2, -0.15) is 8.78 Å². The van der Waals surface area contributed by atoms with Crippen molar-refractivity contribution in [1.82, 2.24) is 14.7 Å². The fourth-order valence-corrected chi connectivity index (χ4v) is 6.45. The maximum atomic E-state index is 15.2. The number of carbonyl (C=O) groups excluding carboxylic acids is 2. The Kier molecular flexibility index (Phi) is 10.8. The number of halogens is 4. The summed E-state index contributed by atoms with van der Waals surface area (Å²) in [7, 11) is 0. The molecular weight excluding hydrogens is 607 g/mol. The van der Waals surface area contributed by atoms with Gasteiger partial charge < -0.3 is 14.4 Å².